The van der Waals surface area contributed by atoms with Gasteiger partial charge >= 0.3 is 0 Å². The molecule has 6 heteroatoms. The fraction of sp³-hybridized carbons (Fsp3) is 0.222. The Morgan fingerprint density at radius 1 is 1.47 bits per heavy atom. The van der Waals surface area contributed by atoms with Crippen molar-refractivity contribution in [3.63, 3.8) is 0 Å². The summed E-state index contributed by atoms with van der Waals surface area (Å²) in [6, 6.07) is 3.82. The molecule has 0 heterocycles. The molecule has 0 aliphatic carbocycles. The molecule has 0 aromatic heterocycles. The zero-order valence-electron chi connectivity index (χ0n) is 8.03. The number of sulfonamides is 1. The summed E-state index contributed by atoms with van der Waals surface area (Å²) in [5.41, 5.74) is 0.186. The van der Waals surface area contributed by atoms with Crippen LogP contribution in [0, 0.1) is 0 Å². The SMILES string of the molecule is CCC(=O)c1cc(S(N)(=O)=O)ccc1Cl. The number of benzene rings is 1. The van der Waals surface area contributed by atoms with Gasteiger partial charge in [0.15, 0.2) is 5.78 Å². The maximum absolute atomic E-state index is 11.4. The van der Waals surface area contributed by atoms with Gasteiger partial charge in [-0.2, -0.15) is 0 Å². The van der Waals surface area contributed by atoms with Crippen LogP contribution < -0.4 is 5.14 Å². The summed E-state index contributed by atoms with van der Waals surface area (Å²) in [6.45, 7) is 1.67. The molecule has 82 valence electrons. The molecular weight excluding hydrogens is 238 g/mol. The van der Waals surface area contributed by atoms with Crippen LogP contribution in [-0.2, 0) is 10.0 Å². The molecule has 15 heavy (non-hydrogen) atoms. The van der Waals surface area contributed by atoms with Crippen molar-refractivity contribution in [1.82, 2.24) is 0 Å². The third kappa shape index (κ3) is 2.77. The van der Waals surface area contributed by atoms with E-state index in [4.69, 9.17) is 16.7 Å². The highest BCUT2D eigenvalue weighted by Gasteiger charge is 2.14. The second-order valence-corrected chi connectivity index (χ2v) is 4.93. The van der Waals surface area contributed by atoms with Gasteiger partial charge in [-0.25, -0.2) is 13.6 Å². The molecule has 4 nitrogen and oxygen atoms in total. The van der Waals surface area contributed by atoms with E-state index >= 15 is 0 Å². The molecule has 1 aromatic rings. The molecule has 0 aliphatic heterocycles. The lowest BCUT2D eigenvalue weighted by atomic mass is 10.1. The minimum atomic E-state index is -3.79. The van der Waals surface area contributed by atoms with E-state index in [9.17, 15) is 13.2 Å². The van der Waals surface area contributed by atoms with E-state index in [0.717, 1.165) is 0 Å². The van der Waals surface area contributed by atoms with Crippen LogP contribution in [0.3, 0.4) is 0 Å². The number of hydrogen-bond acceptors (Lipinski definition) is 3. The molecule has 0 saturated carbocycles. The highest BCUT2D eigenvalue weighted by Crippen LogP contribution is 2.21. The van der Waals surface area contributed by atoms with E-state index in [1.807, 2.05) is 0 Å². The van der Waals surface area contributed by atoms with Crippen molar-refractivity contribution >= 4 is 27.4 Å². The third-order valence-corrected chi connectivity index (χ3v) is 3.13. The van der Waals surface area contributed by atoms with E-state index < -0.39 is 10.0 Å². The number of nitrogens with two attached hydrogens (primary N) is 1. The fourth-order valence-electron chi connectivity index (χ4n) is 1.09. The molecule has 0 bridgehead atoms. The van der Waals surface area contributed by atoms with E-state index in [2.05, 4.69) is 0 Å². The molecule has 1 rings (SSSR count). The normalized spacial score (nSPS) is 11.4. The molecule has 0 aliphatic rings. The molecule has 0 atom stereocenters. The smallest absolute Gasteiger partial charge is 0.238 e. The summed E-state index contributed by atoms with van der Waals surface area (Å²) in [5, 5.41) is 5.17. The van der Waals surface area contributed by atoms with Gasteiger partial charge in [0.25, 0.3) is 0 Å². The second kappa shape index (κ2) is 4.30. The highest BCUT2D eigenvalue weighted by atomic mass is 35.5. The lowest BCUT2D eigenvalue weighted by Gasteiger charge is -2.04. The number of primary sulfonamides is 1. The maximum Gasteiger partial charge on any atom is 0.238 e. The Morgan fingerprint density at radius 3 is 2.53 bits per heavy atom. The van der Waals surface area contributed by atoms with Crippen LogP contribution in [0.25, 0.3) is 0 Å². The Balaban J connectivity index is 3.36. The molecule has 0 fully saturated rings. The first kappa shape index (κ1) is 12.2. The van der Waals surface area contributed by atoms with E-state index in [-0.39, 0.29) is 27.7 Å². The summed E-state index contributed by atoms with van der Waals surface area (Å²) in [7, 11) is -3.79. The molecular formula is C9H10ClNO3S. The summed E-state index contributed by atoms with van der Waals surface area (Å²) >= 11 is 5.76. The van der Waals surface area contributed by atoms with Crippen LogP contribution in [0.1, 0.15) is 23.7 Å². The molecule has 0 unspecified atom stereocenters. The van der Waals surface area contributed by atoms with Crippen LogP contribution in [0.4, 0.5) is 0 Å². The predicted octanol–water partition coefficient (Wildman–Crippen LogP) is 1.58. The van der Waals surface area contributed by atoms with Gasteiger partial charge in [-0.3, -0.25) is 4.79 Å². The summed E-state index contributed by atoms with van der Waals surface area (Å²) < 4.78 is 22.1. The Bertz CT molecular complexity index is 496. The largest absolute Gasteiger partial charge is 0.294 e. The quantitative estimate of drug-likeness (QED) is 0.824. The van der Waals surface area contributed by atoms with Gasteiger partial charge in [0, 0.05) is 12.0 Å². The first-order chi connectivity index (χ1) is 6.86. The maximum atomic E-state index is 11.4. The van der Waals surface area contributed by atoms with Crippen LogP contribution in [0.2, 0.25) is 5.02 Å². The third-order valence-electron chi connectivity index (χ3n) is 1.89. The van der Waals surface area contributed by atoms with Gasteiger partial charge in [-0.15, -0.1) is 0 Å². The molecule has 0 radical (unpaired) electrons. The average molecular weight is 248 g/mol. The molecule has 2 N–H and O–H groups in total. The number of hydrogen-bond donors (Lipinski definition) is 1. The van der Waals surface area contributed by atoms with Crippen molar-refractivity contribution in [2.24, 2.45) is 5.14 Å². The summed E-state index contributed by atoms with van der Waals surface area (Å²) in [6.07, 6.45) is 0.258. The highest BCUT2D eigenvalue weighted by molar-refractivity contribution is 7.89. The Kier molecular flexibility index (Phi) is 3.49. The van der Waals surface area contributed by atoms with Crippen LogP contribution >= 0.6 is 11.6 Å². The Labute approximate surface area is 93.1 Å². The number of carbonyl (C=O) groups is 1. The van der Waals surface area contributed by atoms with Crippen molar-refractivity contribution in [2.45, 2.75) is 18.2 Å². The lowest BCUT2D eigenvalue weighted by Crippen LogP contribution is -2.13. The zero-order valence-corrected chi connectivity index (χ0v) is 9.60. The Hall–Kier alpha value is -0.910. The van der Waals surface area contributed by atoms with Gasteiger partial charge < -0.3 is 0 Å². The van der Waals surface area contributed by atoms with Crippen molar-refractivity contribution in [3.05, 3.63) is 28.8 Å². The minimum Gasteiger partial charge on any atom is -0.294 e. The number of rotatable bonds is 3. The first-order valence-corrected chi connectivity index (χ1v) is 6.14. The Morgan fingerprint density at radius 2 is 2.07 bits per heavy atom. The first-order valence-electron chi connectivity index (χ1n) is 4.21. The standard InChI is InChI=1S/C9H10ClNO3S/c1-2-9(12)7-5-6(15(11,13)14)3-4-8(7)10/h3-5H,2H2,1H3,(H2,11,13,14). The van der Waals surface area contributed by atoms with E-state index in [1.54, 1.807) is 6.92 Å². The van der Waals surface area contributed by atoms with Crippen molar-refractivity contribution in [1.29, 1.82) is 0 Å². The fourth-order valence-corrected chi connectivity index (χ4v) is 1.85. The molecule has 0 amide bonds. The van der Waals surface area contributed by atoms with Gasteiger partial charge in [-0.1, -0.05) is 18.5 Å². The minimum absolute atomic E-state index is 0.108. The summed E-state index contributed by atoms with van der Waals surface area (Å²) in [4.78, 5) is 11.3. The average Bonchev–Trinajstić information content (AvgIpc) is 2.15. The second-order valence-electron chi connectivity index (χ2n) is 2.96. The van der Waals surface area contributed by atoms with Crippen molar-refractivity contribution < 1.29 is 13.2 Å². The molecule has 1 aromatic carbocycles. The van der Waals surface area contributed by atoms with Crippen molar-refractivity contribution in [3.8, 4) is 0 Å². The van der Waals surface area contributed by atoms with Crippen LogP contribution in [0.5, 0.6) is 0 Å². The van der Waals surface area contributed by atoms with Crippen LogP contribution in [0.15, 0.2) is 23.1 Å². The van der Waals surface area contributed by atoms with Gasteiger partial charge in [0.1, 0.15) is 0 Å². The zero-order chi connectivity index (χ0) is 11.6. The number of ketones is 1. The summed E-state index contributed by atoms with van der Waals surface area (Å²) in [5.74, 6) is -0.217. The lowest BCUT2D eigenvalue weighted by molar-refractivity contribution is 0.0988. The van der Waals surface area contributed by atoms with E-state index in [1.165, 1.54) is 18.2 Å². The van der Waals surface area contributed by atoms with E-state index in [0.29, 0.717) is 0 Å². The van der Waals surface area contributed by atoms with Gasteiger partial charge in [0.2, 0.25) is 10.0 Å². The number of carbonyl (C=O) groups excluding carboxylic acids is 1. The molecule has 0 saturated heterocycles. The number of halogens is 1. The van der Waals surface area contributed by atoms with Crippen LogP contribution in [-0.4, -0.2) is 14.2 Å². The van der Waals surface area contributed by atoms with Gasteiger partial charge in [0.05, 0.1) is 9.92 Å². The van der Waals surface area contributed by atoms with Gasteiger partial charge in [-0.05, 0) is 18.2 Å². The monoisotopic (exact) mass is 247 g/mol. The van der Waals surface area contributed by atoms with Crippen molar-refractivity contribution in [2.75, 3.05) is 0 Å². The number of Topliss-reactive ketones (excluding diaryl/α,β-unsaturated/α-hetero) is 1. The predicted molar refractivity (Wildman–Crippen MR) is 57.4 cm³/mol. The molecule has 0 spiro atoms. The topological polar surface area (TPSA) is 77.2 Å².